The Morgan fingerprint density at radius 1 is 1.44 bits per heavy atom. The lowest BCUT2D eigenvalue weighted by molar-refractivity contribution is 0.392. The van der Waals surface area contributed by atoms with E-state index in [1.54, 1.807) is 19.2 Å². The van der Waals surface area contributed by atoms with Crippen LogP contribution in [0.15, 0.2) is 23.2 Å². The van der Waals surface area contributed by atoms with E-state index < -0.39 is 0 Å². The van der Waals surface area contributed by atoms with E-state index in [0.717, 1.165) is 37.5 Å². The summed E-state index contributed by atoms with van der Waals surface area (Å²) in [5.74, 6) is 2.36. The molecule has 6 nitrogen and oxygen atoms in total. The van der Waals surface area contributed by atoms with Crippen LogP contribution in [-0.4, -0.2) is 40.4 Å². The van der Waals surface area contributed by atoms with Gasteiger partial charge in [0.25, 0.3) is 0 Å². The zero-order valence-electron chi connectivity index (χ0n) is 15.5. The van der Waals surface area contributed by atoms with Crippen molar-refractivity contribution in [2.75, 3.05) is 13.6 Å². The van der Waals surface area contributed by atoms with Gasteiger partial charge in [-0.05, 0) is 25.0 Å². The number of halogens is 3. The molecule has 2 heterocycles. The topological polar surface area (TPSA) is 67.1 Å². The number of hydrogen-bond acceptors (Lipinski definition) is 3. The number of fused-ring (bicyclic) bond motifs is 1. The molecule has 0 bridgehead atoms. The zero-order valence-corrected chi connectivity index (χ0v) is 18.6. The molecule has 9 heteroatoms. The second-order valence-electron chi connectivity index (χ2n) is 6.31. The molecular weight excluding hydrogens is 482 g/mol. The largest absolute Gasteiger partial charge is 0.356 e. The summed E-state index contributed by atoms with van der Waals surface area (Å²) in [5.41, 5.74) is 0.522. The van der Waals surface area contributed by atoms with Crippen LogP contribution in [0.4, 0.5) is 4.39 Å². The smallest absolute Gasteiger partial charge is 0.191 e. The van der Waals surface area contributed by atoms with E-state index in [4.69, 9.17) is 11.6 Å². The Labute approximate surface area is 181 Å². The summed E-state index contributed by atoms with van der Waals surface area (Å²) < 4.78 is 15.8. The van der Waals surface area contributed by atoms with Gasteiger partial charge in [-0.3, -0.25) is 4.99 Å². The summed E-state index contributed by atoms with van der Waals surface area (Å²) in [4.78, 5) is 8.79. The first kappa shape index (κ1) is 21.9. The molecule has 0 spiro atoms. The maximum Gasteiger partial charge on any atom is 0.191 e. The second kappa shape index (κ2) is 10.2. The average Bonchev–Trinajstić information content (AvgIpc) is 3.05. The quantitative estimate of drug-likeness (QED) is 0.372. The van der Waals surface area contributed by atoms with Crippen molar-refractivity contribution in [1.29, 1.82) is 0 Å². The lowest BCUT2D eigenvalue weighted by atomic mass is 10.1. The normalized spacial score (nSPS) is 16.4. The molecular formula is C18H25ClFIN6. The third-order valence-corrected chi connectivity index (χ3v) is 4.87. The fourth-order valence-electron chi connectivity index (χ4n) is 3.09. The van der Waals surface area contributed by atoms with Gasteiger partial charge in [-0.1, -0.05) is 24.6 Å². The van der Waals surface area contributed by atoms with Gasteiger partial charge in [-0.25, -0.2) is 14.1 Å². The molecule has 0 saturated carbocycles. The molecule has 1 aliphatic rings. The van der Waals surface area contributed by atoms with Crippen molar-refractivity contribution in [2.24, 2.45) is 4.99 Å². The molecule has 148 valence electrons. The minimum Gasteiger partial charge on any atom is -0.356 e. The molecule has 0 fully saturated rings. The summed E-state index contributed by atoms with van der Waals surface area (Å²) in [7, 11) is 1.73. The number of hydrogen-bond donors (Lipinski definition) is 2. The van der Waals surface area contributed by atoms with Crippen molar-refractivity contribution in [2.45, 2.75) is 45.2 Å². The predicted octanol–water partition coefficient (Wildman–Crippen LogP) is 2.97. The fraction of sp³-hybridized carbons (Fsp3) is 0.500. The van der Waals surface area contributed by atoms with Gasteiger partial charge in [0.2, 0.25) is 0 Å². The SMILES string of the molecule is CCc1nc2n(n1)CC(NC(=NC)NCCc1c(F)cccc1Cl)CC2.I. The molecule has 3 rings (SSSR count). The molecule has 1 aromatic carbocycles. The molecule has 0 amide bonds. The van der Waals surface area contributed by atoms with Crippen molar-refractivity contribution in [1.82, 2.24) is 25.4 Å². The molecule has 2 aromatic rings. The van der Waals surface area contributed by atoms with E-state index >= 15 is 0 Å². The Balaban J connectivity index is 0.00000261. The van der Waals surface area contributed by atoms with Gasteiger partial charge in [-0.2, -0.15) is 5.10 Å². The van der Waals surface area contributed by atoms with Crippen LogP contribution in [0.2, 0.25) is 5.02 Å². The van der Waals surface area contributed by atoms with Gasteiger partial charge in [0.05, 0.1) is 6.54 Å². The fourth-order valence-corrected chi connectivity index (χ4v) is 3.35. The number of guanidine groups is 1. The van der Waals surface area contributed by atoms with Crippen LogP contribution < -0.4 is 10.6 Å². The number of rotatable bonds is 5. The summed E-state index contributed by atoms with van der Waals surface area (Å²) in [6.07, 6.45) is 3.21. The third kappa shape index (κ3) is 5.54. The van der Waals surface area contributed by atoms with E-state index in [9.17, 15) is 4.39 Å². The zero-order chi connectivity index (χ0) is 18.5. The molecule has 1 aromatic heterocycles. The van der Waals surface area contributed by atoms with E-state index in [0.29, 0.717) is 29.5 Å². The molecule has 27 heavy (non-hydrogen) atoms. The number of aromatic nitrogens is 3. The number of aliphatic imine (C=N–C) groups is 1. The van der Waals surface area contributed by atoms with Crippen LogP contribution in [0.1, 0.15) is 30.6 Å². The van der Waals surface area contributed by atoms with E-state index in [2.05, 4.69) is 32.6 Å². The standard InChI is InChI=1S/C18H24ClFN6.HI/c1-3-16-24-17-8-7-12(11-26(17)25-16)23-18(21-2)22-10-9-13-14(19)5-4-6-15(13)20;/h4-6,12H,3,7-11H2,1-2H3,(H2,21,22,23);1H. The molecule has 2 N–H and O–H groups in total. The third-order valence-electron chi connectivity index (χ3n) is 4.51. The van der Waals surface area contributed by atoms with Crippen molar-refractivity contribution >= 4 is 41.5 Å². The Bertz CT molecular complexity index is 774. The van der Waals surface area contributed by atoms with Crippen LogP contribution in [0.5, 0.6) is 0 Å². The van der Waals surface area contributed by atoms with Crippen molar-refractivity contribution in [3.8, 4) is 0 Å². The summed E-state index contributed by atoms with van der Waals surface area (Å²) in [6, 6.07) is 4.98. The summed E-state index contributed by atoms with van der Waals surface area (Å²) in [5, 5.41) is 11.6. The Hall–Kier alpha value is -1.42. The lowest BCUT2D eigenvalue weighted by Crippen LogP contribution is -2.47. The van der Waals surface area contributed by atoms with Gasteiger partial charge >= 0.3 is 0 Å². The molecule has 1 unspecified atom stereocenters. The second-order valence-corrected chi connectivity index (χ2v) is 6.72. The van der Waals surface area contributed by atoms with Gasteiger partial charge < -0.3 is 10.6 Å². The Morgan fingerprint density at radius 2 is 2.26 bits per heavy atom. The van der Waals surface area contributed by atoms with Crippen LogP contribution in [0.25, 0.3) is 0 Å². The van der Waals surface area contributed by atoms with Crippen LogP contribution in [-0.2, 0) is 25.8 Å². The number of nitrogens with zero attached hydrogens (tertiary/aromatic N) is 4. The maximum absolute atomic E-state index is 13.8. The first-order valence-electron chi connectivity index (χ1n) is 8.93. The first-order chi connectivity index (χ1) is 12.6. The highest BCUT2D eigenvalue weighted by atomic mass is 127. The molecule has 1 aliphatic heterocycles. The van der Waals surface area contributed by atoms with Crippen LogP contribution >= 0.6 is 35.6 Å². The summed E-state index contributed by atoms with van der Waals surface area (Å²) in [6.45, 7) is 3.37. The van der Waals surface area contributed by atoms with Gasteiger partial charge in [0.1, 0.15) is 11.6 Å². The number of aryl methyl sites for hydroxylation is 2. The molecule has 0 radical (unpaired) electrons. The predicted molar refractivity (Wildman–Crippen MR) is 117 cm³/mol. The van der Waals surface area contributed by atoms with Crippen LogP contribution in [0.3, 0.4) is 0 Å². The minimum absolute atomic E-state index is 0. The molecule has 0 aliphatic carbocycles. The van der Waals surface area contributed by atoms with E-state index in [-0.39, 0.29) is 35.8 Å². The molecule has 1 atom stereocenters. The summed E-state index contributed by atoms with van der Waals surface area (Å²) >= 11 is 6.07. The van der Waals surface area contributed by atoms with Gasteiger partial charge in [-0.15, -0.1) is 24.0 Å². The van der Waals surface area contributed by atoms with Gasteiger partial charge in [0, 0.05) is 43.1 Å². The highest BCUT2D eigenvalue weighted by molar-refractivity contribution is 14.0. The highest BCUT2D eigenvalue weighted by Crippen LogP contribution is 2.19. The monoisotopic (exact) mass is 506 g/mol. The van der Waals surface area contributed by atoms with Gasteiger partial charge in [0.15, 0.2) is 11.8 Å². The first-order valence-corrected chi connectivity index (χ1v) is 9.31. The molecule has 0 saturated heterocycles. The Morgan fingerprint density at radius 3 is 2.96 bits per heavy atom. The highest BCUT2D eigenvalue weighted by Gasteiger charge is 2.22. The number of nitrogens with one attached hydrogen (secondary N) is 2. The lowest BCUT2D eigenvalue weighted by Gasteiger charge is -2.25. The minimum atomic E-state index is -0.278. The van der Waals surface area contributed by atoms with E-state index in [1.165, 1.54) is 6.07 Å². The number of benzene rings is 1. The Kier molecular flexibility index (Phi) is 8.28. The van der Waals surface area contributed by atoms with Crippen molar-refractivity contribution in [3.05, 3.63) is 46.3 Å². The maximum atomic E-state index is 13.8. The van der Waals surface area contributed by atoms with Crippen molar-refractivity contribution in [3.63, 3.8) is 0 Å². The average molecular weight is 507 g/mol. The van der Waals surface area contributed by atoms with Crippen molar-refractivity contribution < 1.29 is 4.39 Å². The van der Waals surface area contributed by atoms with Crippen LogP contribution in [0, 0.1) is 5.82 Å². The van der Waals surface area contributed by atoms with E-state index in [1.807, 2.05) is 4.68 Å².